The molecule has 0 spiro atoms. The number of rotatable bonds is 6. The molecule has 57 heavy (non-hydrogen) atoms. The fraction of sp³-hybridized carbons (Fsp3) is 0. The van der Waals surface area contributed by atoms with Crippen molar-refractivity contribution in [2.24, 2.45) is 0 Å². The van der Waals surface area contributed by atoms with Crippen molar-refractivity contribution >= 4 is 53.1 Å². The van der Waals surface area contributed by atoms with Crippen LogP contribution in [0.4, 0.5) is 0 Å². The minimum absolute atomic E-state index is 0.645. The quantitative estimate of drug-likeness (QED) is 0.159. The molecule has 0 atom stereocenters. The first-order chi connectivity index (χ1) is 28.3. The lowest BCUT2D eigenvalue weighted by atomic mass is 9.90. The molecule has 0 amide bonds. The highest BCUT2D eigenvalue weighted by Crippen LogP contribution is 2.50. The van der Waals surface area contributed by atoms with E-state index < -0.39 is 0 Å². The Morgan fingerprint density at radius 3 is 1.44 bits per heavy atom. The summed E-state index contributed by atoms with van der Waals surface area (Å²) in [5, 5.41) is 7.28. The van der Waals surface area contributed by atoms with Gasteiger partial charge in [-0.25, -0.2) is 15.0 Å². The lowest BCUT2D eigenvalue weighted by Gasteiger charge is -2.14. The number of hydrogen-bond donors (Lipinski definition) is 0. The maximum atomic E-state index is 5.27. The molecule has 0 aliphatic heterocycles. The summed E-state index contributed by atoms with van der Waals surface area (Å²) in [6.45, 7) is 0. The maximum absolute atomic E-state index is 5.27. The number of aromatic nitrogens is 3. The van der Waals surface area contributed by atoms with E-state index in [-0.39, 0.29) is 0 Å². The Morgan fingerprint density at radius 2 is 0.789 bits per heavy atom. The predicted octanol–water partition coefficient (Wildman–Crippen LogP) is 14.5. The topological polar surface area (TPSA) is 38.7 Å². The highest BCUT2D eigenvalue weighted by molar-refractivity contribution is 7.27. The van der Waals surface area contributed by atoms with Crippen molar-refractivity contribution in [3.63, 3.8) is 0 Å². The molecule has 11 rings (SSSR count). The Kier molecular flexibility index (Phi) is 8.01. The van der Waals surface area contributed by atoms with Crippen LogP contribution < -0.4 is 0 Å². The third-order valence-electron chi connectivity index (χ3n) is 10.9. The number of hydrogen-bond acceptors (Lipinski definition) is 4. The number of thiophene rings is 1. The van der Waals surface area contributed by atoms with Gasteiger partial charge in [-0.1, -0.05) is 176 Å². The van der Waals surface area contributed by atoms with Gasteiger partial charge in [0, 0.05) is 48.0 Å². The van der Waals surface area contributed by atoms with E-state index >= 15 is 0 Å². The van der Waals surface area contributed by atoms with Crippen molar-refractivity contribution in [1.29, 1.82) is 0 Å². The summed E-state index contributed by atoms with van der Waals surface area (Å²) in [5.74, 6) is 1.94. The molecule has 9 aromatic carbocycles. The summed E-state index contributed by atoms with van der Waals surface area (Å²) in [6, 6.07) is 71.1. The minimum atomic E-state index is 0.645. The van der Waals surface area contributed by atoms with E-state index in [0.717, 1.165) is 22.1 Å². The summed E-state index contributed by atoms with van der Waals surface area (Å²) >= 11 is 1.86. The van der Waals surface area contributed by atoms with Crippen molar-refractivity contribution < 1.29 is 0 Å². The van der Waals surface area contributed by atoms with E-state index in [1.54, 1.807) is 0 Å². The Morgan fingerprint density at radius 1 is 0.281 bits per heavy atom. The van der Waals surface area contributed by atoms with Crippen LogP contribution in [-0.2, 0) is 0 Å². The van der Waals surface area contributed by atoms with Gasteiger partial charge in [-0.2, -0.15) is 0 Å². The van der Waals surface area contributed by atoms with E-state index in [1.807, 2.05) is 47.7 Å². The third kappa shape index (κ3) is 5.78. The largest absolute Gasteiger partial charge is 0.208 e. The molecule has 3 nitrogen and oxygen atoms in total. The zero-order valence-electron chi connectivity index (χ0n) is 30.8. The molecule has 11 aromatic rings. The summed E-state index contributed by atoms with van der Waals surface area (Å²) in [5.41, 5.74) is 10.0. The third-order valence-corrected chi connectivity index (χ3v) is 12.2. The van der Waals surface area contributed by atoms with Gasteiger partial charge in [-0.15, -0.1) is 11.3 Å². The lowest BCUT2D eigenvalue weighted by Crippen LogP contribution is -2.00. The molecule has 0 N–H and O–H groups in total. The van der Waals surface area contributed by atoms with Crippen LogP contribution in [0.2, 0.25) is 0 Å². The minimum Gasteiger partial charge on any atom is -0.208 e. The van der Waals surface area contributed by atoms with Gasteiger partial charge >= 0.3 is 0 Å². The molecule has 266 valence electrons. The van der Waals surface area contributed by atoms with Crippen molar-refractivity contribution in [1.82, 2.24) is 15.0 Å². The van der Waals surface area contributed by atoms with Gasteiger partial charge in [0.2, 0.25) is 0 Å². The molecule has 0 bridgehead atoms. The second kappa shape index (κ2) is 13.8. The molecular weight excluding hydrogens is 711 g/mol. The Hall–Kier alpha value is -7.27. The maximum Gasteiger partial charge on any atom is 0.164 e. The van der Waals surface area contributed by atoms with Crippen LogP contribution in [-0.4, -0.2) is 15.0 Å². The van der Waals surface area contributed by atoms with Gasteiger partial charge in [0.05, 0.1) is 0 Å². The lowest BCUT2D eigenvalue weighted by molar-refractivity contribution is 1.08. The van der Waals surface area contributed by atoms with Crippen LogP contribution in [0.3, 0.4) is 0 Å². The monoisotopic (exact) mass is 743 g/mol. The first-order valence-electron chi connectivity index (χ1n) is 19.2. The SMILES string of the molecule is c1ccc(-c2cc(-c3ccccc3)c3sc4c(-c5cc6ccccc6c6ccccc56)ccc(-c5nc(-c6ccccc6)nc(-c6ccccc6)n5)c4c3c2)cc1. The molecule has 4 heteroatoms. The molecule has 2 heterocycles. The van der Waals surface area contributed by atoms with E-state index in [2.05, 4.69) is 164 Å². The Balaban J connectivity index is 1.29. The molecule has 0 unspecified atom stereocenters. The second-order valence-electron chi connectivity index (χ2n) is 14.3. The van der Waals surface area contributed by atoms with Crippen molar-refractivity contribution in [3.05, 3.63) is 200 Å². The highest BCUT2D eigenvalue weighted by Gasteiger charge is 2.23. The van der Waals surface area contributed by atoms with Gasteiger partial charge < -0.3 is 0 Å². The molecule has 0 fully saturated rings. The second-order valence-corrected chi connectivity index (χ2v) is 15.3. The molecule has 0 saturated carbocycles. The summed E-state index contributed by atoms with van der Waals surface area (Å²) < 4.78 is 2.43. The predicted molar refractivity (Wildman–Crippen MR) is 240 cm³/mol. The molecule has 0 aliphatic carbocycles. The fourth-order valence-corrected chi connectivity index (χ4v) is 9.59. The zero-order chi connectivity index (χ0) is 37.7. The first kappa shape index (κ1) is 33.1. The van der Waals surface area contributed by atoms with E-state index in [4.69, 9.17) is 15.0 Å². The average molecular weight is 744 g/mol. The van der Waals surface area contributed by atoms with Gasteiger partial charge in [-0.3, -0.25) is 0 Å². The van der Waals surface area contributed by atoms with E-state index in [9.17, 15) is 0 Å². The zero-order valence-corrected chi connectivity index (χ0v) is 31.6. The van der Waals surface area contributed by atoms with Gasteiger partial charge in [0.15, 0.2) is 17.5 Å². The van der Waals surface area contributed by atoms with E-state index in [0.29, 0.717) is 17.5 Å². The highest BCUT2D eigenvalue weighted by atomic mass is 32.1. The summed E-state index contributed by atoms with van der Waals surface area (Å²) in [6.07, 6.45) is 0. The van der Waals surface area contributed by atoms with Gasteiger partial charge in [0.25, 0.3) is 0 Å². The van der Waals surface area contributed by atoms with Gasteiger partial charge in [-0.05, 0) is 68.1 Å². The number of nitrogens with zero attached hydrogens (tertiary/aromatic N) is 3. The molecule has 0 radical (unpaired) electrons. The standard InChI is InChI=1S/C53H33N3S/c1-5-17-34(18-6-1)39-32-45(35-19-7-2-8-20-35)49-47(33-39)48-44(53-55-51(36-21-9-3-10-22-36)54-52(56-53)37-23-11-4-12-24-37)30-29-43(50(48)57-49)46-31-38-25-13-14-26-40(38)41-27-15-16-28-42(41)46/h1-33H. The van der Waals surface area contributed by atoms with Crippen molar-refractivity contribution in [2.75, 3.05) is 0 Å². The smallest absolute Gasteiger partial charge is 0.164 e. The van der Waals surface area contributed by atoms with Crippen LogP contribution in [0.25, 0.3) is 109 Å². The van der Waals surface area contributed by atoms with Crippen molar-refractivity contribution in [2.45, 2.75) is 0 Å². The number of benzene rings is 9. The number of fused-ring (bicyclic) bond motifs is 6. The van der Waals surface area contributed by atoms with Crippen LogP contribution in [0.5, 0.6) is 0 Å². The molecule has 0 aliphatic rings. The van der Waals surface area contributed by atoms with E-state index in [1.165, 1.54) is 69.7 Å². The fourth-order valence-electron chi connectivity index (χ4n) is 8.22. The van der Waals surface area contributed by atoms with Crippen LogP contribution >= 0.6 is 11.3 Å². The normalized spacial score (nSPS) is 11.5. The van der Waals surface area contributed by atoms with Gasteiger partial charge in [0.1, 0.15) is 0 Å². The average Bonchev–Trinajstić information content (AvgIpc) is 3.69. The molecule has 2 aromatic heterocycles. The van der Waals surface area contributed by atoms with Crippen LogP contribution in [0, 0.1) is 0 Å². The first-order valence-corrected chi connectivity index (χ1v) is 20.0. The molecule has 0 saturated heterocycles. The Bertz CT molecular complexity index is 3210. The summed E-state index contributed by atoms with van der Waals surface area (Å²) in [7, 11) is 0. The molecular formula is C53H33N3S. The van der Waals surface area contributed by atoms with Crippen molar-refractivity contribution in [3.8, 4) is 67.5 Å². The summed E-state index contributed by atoms with van der Waals surface area (Å²) in [4.78, 5) is 15.6. The Labute approximate surface area is 334 Å². The van der Waals surface area contributed by atoms with Crippen LogP contribution in [0.15, 0.2) is 200 Å². The van der Waals surface area contributed by atoms with Crippen LogP contribution in [0.1, 0.15) is 0 Å².